The van der Waals surface area contributed by atoms with Gasteiger partial charge >= 0.3 is 12.1 Å². The maximum atomic E-state index is 13.4. The van der Waals surface area contributed by atoms with E-state index in [1.54, 1.807) is 24.3 Å². The molecule has 3 rings (SSSR count). The van der Waals surface area contributed by atoms with Gasteiger partial charge in [-0.1, -0.05) is 35.9 Å². The summed E-state index contributed by atoms with van der Waals surface area (Å²) in [6.45, 7) is 2.57. The zero-order valence-corrected chi connectivity index (χ0v) is 18.3. The number of urea groups is 2. The Labute approximate surface area is 191 Å². The number of halogens is 2. The lowest BCUT2D eigenvalue weighted by atomic mass is 10.2. The molecule has 0 fully saturated rings. The minimum absolute atomic E-state index is 0.308. The summed E-state index contributed by atoms with van der Waals surface area (Å²) in [5.74, 6) is -0.390. The number of benzene rings is 3. The molecule has 0 unspecified atom stereocenters. The van der Waals surface area contributed by atoms with Crippen molar-refractivity contribution < 1.29 is 14.0 Å². The fourth-order valence-electron chi connectivity index (χ4n) is 3.04. The summed E-state index contributed by atoms with van der Waals surface area (Å²) in [5, 5.41) is 8.88. The summed E-state index contributed by atoms with van der Waals surface area (Å²) in [5.41, 5.74) is 2.78. The van der Waals surface area contributed by atoms with Gasteiger partial charge in [0.1, 0.15) is 5.82 Å². The third-order valence-electron chi connectivity index (χ3n) is 4.70. The number of nitrogens with one attached hydrogen (secondary N) is 3. The number of para-hydroxylation sites is 1. The van der Waals surface area contributed by atoms with Crippen molar-refractivity contribution in [2.75, 3.05) is 28.6 Å². The Kier molecular flexibility index (Phi) is 8.05. The molecule has 0 heterocycles. The molecule has 8 heteroatoms. The van der Waals surface area contributed by atoms with Crippen molar-refractivity contribution in [3.63, 3.8) is 0 Å². The number of rotatable bonds is 7. The lowest BCUT2D eigenvalue weighted by Gasteiger charge is -2.23. The standard InChI is InChI=1S/C24H24ClFN4O2/c1-17-6-2-3-9-22(17)29-23(31)27-14-5-15-30(21-12-10-19(26)11-13-21)24(32)28-20-8-4-7-18(25)16-20/h2-4,6-13,16H,5,14-15H2,1H3,(H,28,32)(H2,27,29,31). The Morgan fingerprint density at radius 3 is 2.44 bits per heavy atom. The average Bonchev–Trinajstić information content (AvgIpc) is 2.76. The lowest BCUT2D eigenvalue weighted by molar-refractivity contribution is 0.252. The Morgan fingerprint density at radius 1 is 0.969 bits per heavy atom. The molecule has 0 spiro atoms. The maximum absolute atomic E-state index is 13.4. The first-order valence-corrected chi connectivity index (χ1v) is 10.5. The minimum atomic E-state index is -0.390. The molecule has 0 atom stereocenters. The Balaban J connectivity index is 1.59. The third-order valence-corrected chi connectivity index (χ3v) is 4.93. The van der Waals surface area contributed by atoms with Gasteiger partial charge in [0.15, 0.2) is 0 Å². The number of carbonyl (C=O) groups excluding carboxylic acids is 2. The number of aryl methyl sites for hydroxylation is 1. The van der Waals surface area contributed by atoms with Gasteiger partial charge in [-0.15, -0.1) is 0 Å². The second-order valence-corrected chi connectivity index (χ2v) is 7.55. The largest absolute Gasteiger partial charge is 0.338 e. The van der Waals surface area contributed by atoms with Crippen LogP contribution >= 0.6 is 11.6 Å². The van der Waals surface area contributed by atoms with Gasteiger partial charge in [0.2, 0.25) is 0 Å². The summed E-state index contributed by atoms with van der Waals surface area (Å²) < 4.78 is 13.4. The Hall–Kier alpha value is -3.58. The summed E-state index contributed by atoms with van der Waals surface area (Å²) in [7, 11) is 0. The maximum Gasteiger partial charge on any atom is 0.326 e. The van der Waals surface area contributed by atoms with Gasteiger partial charge in [0.05, 0.1) is 0 Å². The highest BCUT2D eigenvalue weighted by Gasteiger charge is 2.16. The number of amides is 4. The number of nitrogens with zero attached hydrogens (tertiary/aromatic N) is 1. The van der Waals surface area contributed by atoms with Crippen LogP contribution in [0.5, 0.6) is 0 Å². The topological polar surface area (TPSA) is 73.5 Å². The van der Waals surface area contributed by atoms with E-state index in [0.29, 0.717) is 35.9 Å². The quantitative estimate of drug-likeness (QED) is 0.381. The number of anilines is 3. The molecule has 0 radical (unpaired) electrons. The molecule has 3 N–H and O–H groups in total. The van der Waals surface area contributed by atoms with E-state index in [1.807, 2.05) is 31.2 Å². The number of hydrogen-bond acceptors (Lipinski definition) is 2. The van der Waals surface area contributed by atoms with E-state index in [0.717, 1.165) is 11.3 Å². The van der Waals surface area contributed by atoms with Crippen LogP contribution < -0.4 is 20.9 Å². The first-order valence-electron chi connectivity index (χ1n) is 10.1. The molecule has 0 bridgehead atoms. The van der Waals surface area contributed by atoms with Crippen molar-refractivity contribution in [1.29, 1.82) is 0 Å². The van der Waals surface area contributed by atoms with Crippen LogP contribution in [0.15, 0.2) is 72.8 Å². The predicted octanol–water partition coefficient (Wildman–Crippen LogP) is 6.04. The van der Waals surface area contributed by atoms with E-state index in [4.69, 9.17) is 11.6 Å². The van der Waals surface area contributed by atoms with E-state index < -0.39 is 5.82 Å². The molecule has 0 saturated carbocycles. The van der Waals surface area contributed by atoms with Crippen LogP contribution in [0.2, 0.25) is 5.02 Å². The smallest absolute Gasteiger partial charge is 0.326 e. The monoisotopic (exact) mass is 454 g/mol. The van der Waals surface area contributed by atoms with Crippen molar-refractivity contribution in [3.05, 3.63) is 89.2 Å². The van der Waals surface area contributed by atoms with Gasteiger partial charge in [0.25, 0.3) is 0 Å². The average molecular weight is 455 g/mol. The van der Waals surface area contributed by atoms with Crippen LogP contribution in [0.4, 0.5) is 31.0 Å². The van der Waals surface area contributed by atoms with Crippen LogP contribution in [-0.2, 0) is 0 Å². The van der Waals surface area contributed by atoms with E-state index >= 15 is 0 Å². The van der Waals surface area contributed by atoms with Crippen molar-refractivity contribution in [2.24, 2.45) is 0 Å². The summed E-state index contributed by atoms with van der Waals surface area (Å²) in [6, 6.07) is 19.2. The molecule has 3 aromatic rings. The van der Waals surface area contributed by atoms with Gasteiger partial charge in [-0.05, 0) is 67.4 Å². The van der Waals surface area contributed by atoms with E-state index in [9.17, 15) is 14.0 Å². The zero-order chi connectivity index (χ0) is 22.9. The first kappa shape index (κ1) is 23.1. The predicted molar refractivity (Wildman–Crippen MR) is 127 cm³/mol. The SMILES string of the molecule is Cc1ccccc1NC(=O)NCCCN(C(=O)Nc1cccc(Cl)c1)c1ccc(F)cc1. The molecular weight excluding hydrogens is 431 g/mol. The number of hydrogen-bond donors (Lipinski definition) is 3. The molecule has 166 valence electrons. The Morgan fingerprint density at radius 2 is 1.72 bits per heavy atom. The highest BCUT2D eigenvalue weighted by Crippen LogP contribution is 2.19. The Bertz CT molecular complexity index is 1080. The van der Waals surface area contributed by atoms with Crippen LogP contribution in [0, 0.1) is 12.7 Å². The fourth-order valence-corrected chi connectivity index (χ4v) is 3.24. The van der Waals surface area contributed by atoms with Crippen molar-refractivity contribution in [3.8, 4) is 0 Å². The zero-order valence-electron chi connectivity index (χ0n) is 17.6. The normalized spacial score (nSPS) is 10.3. The van der Waals surface area contributed by atoms with Gasteiger partial charge in [-0.25, -0.2) is 14.0 Å². The van der Waals surface area contributed by atoms with Gasteiger partial charge < -0.3 is 16.0 Å². The van der Waals surface area contributed by atoms with Crippen molar-refractivity contribution in [1.82, 2.24) is 5.32 Å². The molecule has 6 nitrogen and oxygen atoms in total. The summed E-state index contributed by atoms with van der Waals surface area (Å²) in [6.07, 6.45) is 0.488. The minimum Gasteiger partial charge on any atom is -0.338 e. The van der Waals surface area contributed by atoms with E-state index in [-0.39, 0.29) is 12.1 Å². The second kappa shape index (κ2) is 11.2. The van der Waals surface area contributed by atoms with Gasteiger partial charge in [-0.2, -0.15) is 0 Å². The van der Waals surface area contributed by atoms with Crippen LogP contribution in [0.3, 0.4) is 0 Å². The van der Waals surface area contributed by atoms with Gasteiger partial charge in [0, 0.05) is 35.2 Å². The molecule has 0 saturated heterocycles. The fraction of sp³-hybridized carbons (Fsp3) is 0.167. The highest BCUT2D eigenvalue weighted by molar-refractivity contribution is 6.30. The van der Waals surface area contributed by atoms with Gasteiger partial charge in [-0.3, -0.25) is 4.90 Å². The van der Waals surface area contributed by atoms with E-state index in [2.05, 4.69) is 16.0 Å². The molecule has 3 aromatic carbocycles. The molecule has 32 heavy (non-hydrogen) atoms. The number of carbonyl (C=O) groups is 2. The van der Waals surface area contributed by atoms with E-state index in [1.165, 1.54) is 29.2 Å². The third kappa shape index (κ3) is 6.72. The molecular formula is C24H24ClFN4O2. The molecule has 0 aromatic heterocycles. The van der Waals surface area contributed by atoms with Crippen LogP contribution in [0.1, 0.15) is 12.0 Å². The highest BCUT2D eigenvalue weighted by atomic mass is 35.5. The first-order chi connectivity index (χ1) is 15.4. The van der Waals surface area contributed by atoms with Crippen molar-refractivity contribution in [2.45, 2.75) is 13.3 Å². The molecule has 0 aliphatic carbocycles. The van der Waals surface area contributed by atoms with Crippen LogP contribution in [0.25, 0.3) is 0 Å². The lowest BCUT2D eigenvalue weighted by Crippen LogP contribution is -2.38. The van der Waals surface area contributed by atoms with Crippen LogP contribution in [-0.4, -0.2) is 25.2 Å². The van der Waals surface area contributed by atoms with Crippen molar-refractivity contribution >= 4 is 40.7 Å². The molecule has 4 amide bonds. The molecule has 0 aliphatic rings. The molecule has 0 aliphatic heterocycles. The second-order valence-electron chi connectivity index (χ2n) is 7.12. The summed E-state index contributed by atoms with van der Waals surface area (Å²) >= 11 is 5.99. The summed E-state index contributed by atoms with van der Waals surface area (Å²) in [4.78, 5) is 26.5.